The van der Waals surface area contributed by atoms with E-state index in [4.69, 9.17) is 4.74 Å². The van der Waals surface area contributed by atoms with Gasteiger partial charge >= 0.3 is 6.36 Å². The number of hydrogen-bond acceptors (Lipinski definition) is 5. The summed E-state index contributed by atoms with van der Waals surface area (Å²) in [4.78, 5) is 15.6. The van der Waals surface area contributed by atoms with E-state index in [1.807, 2.05) is 0 Å². The van der Waals surface area contributed by atoms with Crippen LogP contribution < -0.4 is 9.47 Å². The molecule has 0 saturated carbocycles. The molecule has 1 aromatic carbocycles. The Morgan fingerprint density at radius 2 is 1.88 bits per heavy atom. The first-order valence-corrected chi connectivity index (χ1v) is 7.70. The van der Waals surface area contributed by atoms with Gasteiger partial charge in [0.2, 0.25) is 5.88 Å². The Labute approximate surface area is 146 Å². The quantitative estimate of drug-likeness (QED) is 0.853. The number of allylic oxidation sites excluding steroid dienone is 2. The molecular weight excluding hydrogens is 351 g/mol. The maximum atomic E-state index is 12.3. The summed E-state index contributed by atoms with van der Waals surface area (Å²) in [7, 11) is 0. The molecule has 8 heteroatoms. The van der Waals surface area contributed by atoms with E-state index >= 15 is 0 Å². The van der Waals surface area contributed by atoms with Gasteiger partial charge in [-0.25, -0.2) is 4.98 Å². The van der Waals surface area contributed by atoms with Gasteiger partial charge in [-0.05, 0) is 23.6 Å². The minimum atomic E-state index is -4.78. The number of halogens is 3. The van der Waals surface area contributed by atoms with Gasteiger partial charge < -0.3 is 14.6 Å². The van der Waals surface area contributed by atoms with E-state index in [0.29, 0.717) is 6.42 Å². The van der Waals surface area contributed by atoms with Crippen LogP contribution in [0.25, 0.3) is 0 Å². The van der Waals surface area contributed by atoms with Crippen LogP contribution in [0.15, 0.2) is 54.4 Å². The number of hydrogen-bond donors (Lipinski definition) is 1. The third kappa shape index (κ3) is 4.75. The van der Waals surface area contributed by atoms with E-state index in [0.717, 1.165) is 17.7 Å². The second kappa shape index (κ2) is 7.07. The smallest absolute Gasteiger partial charge is 0.512 e. The predicted octanol–water partition coefficient (Wildman–Crippen LogP) is 4.66. The Kier molecular flexibility index (Phi) is 4.83. The lowest BCUT2D eigenvalue weighted by Gasteiger charge is -2.19. The van der Waals surface area contributed by atoms with Gasteiger partial charge in [0, 0.05) is 37.2 Å². The number of ketones is 1. The van der Waals surface area contributed by atoms with Crippen molar-refractivity contribution in [3.8, 4) is 17.4 Å². The van der Waals surface area contributed by atoms with Crippen LogP contribution in [0.3, 0.4) is 0 Å². The minimum Gasteiger partial charge on any atom is -0.512 e. The van der Waals surface area contributed by atoms with Crippen LogP contribution in [-0.4, -0.2) is 22.2 Å². The molecule has 5 nitrogen and oxygen atoms in total. The number of pyridine rings is 1. The summed E-state index contributed by atoms with van der Waals surface area (Å²) in [5.41, 5.74) is 0.763. The van der Waals surface area contributed by atoms with Gasteiger partial charge in [0.25, 0.3) is 0 Å². The summed E-state index contributed by atoms with van der Waals surface area (Å²) in [6, 6.07) is 8.36. The highest BCUT2D eigenvalue weighted by Crippen LogP contribution is 2.32. The zero-order valence-electron chi connectivity index (χ0n) is 13.4. The maximum Gasteiger partial charge on any atom is 0.573 e. The SMILES string of the molecule is O=C1C=C(O)CC(c2ccc(Oc3cccc(OC(F)(F)F)c3)nc2)C1. The van der Waals surface area contributed by atoms with Gasteiger partial charge in [-0.1, -0.05) is 12.1 Å². The summed E-state index contributed by atoms with van der Waals surface area (Å²) < 4.78 is 46.0. The molecule has 0 bridgehead atoms. The lowest BCUT2D eigenvalue weighted by Crippen LogP contribution is -2.17. The van der Waals surface area contributed by atoms with Crippen LogP contribution in [-0.2, 0) is 4.79 Å². The van der Waals surface area contributed by atoms with Crippen molar-refractivity contribution in [3.63, 3.8) is 0 Å². The van der Waals surface area contributed by atoms with Crippen molar-refractivity contribution in [2.75, 3.05) is 0 Å². The Balaban J connectivity index is 1.69. The summed E-state index contributed by atoms with van der Waals surface area (Å²) in [5, 5.41) is 9.57. The largest absolute Gasteiger partial charge is 0.573 e. The molecule has 0 saturated heterocycles. The number of aliphatic hydroxyl groups excluding tert-OH is 1. The van der Waals surface area contributed by atoms with E-state index in [1.54, 1.807) is 12.1 Å². The molecule has 1 unspecified atom stereocenters. The highest BCUT2D eigenvalue weighted by Gasteiger charge is 2.31. The number of aromatic nitrogens is 1. The van der Waals surface area contributed by atoms with E-state index < -0.39 is 12.1 Å². The second-order valence-corrected chi connectivity index (χ2v) is 5.76. The van der Waals surface area contributed by atoms with Gasteiger partial charge in [0.15, 0.2) is 5.78 Å². The van der Waals surface area contributed by atoms with Gasteiger partial charge in [-0.3, -0.25) is 4.79 Å². The lowest BCUT2D eigenvalue weighted by atomic mass is 9.87. The number of alkyl halides is 3. The summed E-state index contributed by atoms with van der Waals surface area (Å²) in [6.07, 6.45) is -1.41. The molecule has 1 aliphatic carbocycles. The highest BCUT2D eigenvalue weighted by atomic mass is 19.4. The predicted molar refractivity (Wildman–Crippen MR) is 85.1 cm³/mol. The summed E-state index contributed by atoms with van der Waals surface area (Å²) in [5.74, 6) is -0.360. The average molecular weight is 365 g/mol. The molecule has 1 N–H and O–H groups in total. The fourth-order valence-electron chi connectivity index (χ4n) is 2.66. The Morgan fingerprint density at radius 1 is 1.12 bits per heavy atom. The van der Waals surface area contributed by atoms with E-state index in [9.17, 15) is 23.1 Å². The lowest BCUT2D eigenvalue weighted by molar-refractivity contribution is -0.274. The number of benzene rings is 1. The second-order valence-electron chi connectivity index (χ2n) is 5.76. The molecule has 0 aliphatic heterocycles. The summed E-state index contributed by atoms with van der Waals surface area (Å²) >= 11 is 0. The van der Waals surface area contributed by atoms with Crippen LogP contribution in [0.2, 0.25) is 0 Å². The maximum absolute atomic E-state index is 12.3. The zero-order valence-corrected chi connectivity index (χ0v) is 13.4. The number of nitrogens with zero attached hydrogens (tertiary/aromatic N) is 1. The van der Waals surface area contributed by atoms with Gasteiger partial charge in [-0.15, -0.1) is 13.2 Å². The molecule has 1 aliphatic rings. The van der Waals surface area contributed by atoms with Crippen LogP contribution in [0.1, 0.15) is 24.3 Å². The number of aliphatic hydroxyl groups is 1. The van der Waals surface area contributed by atoms with Crippen LogP contribution in [0.5, 0.6) is 17.4 Å². The van der Waals surface area contributed by atoms with Crippen molar-refractivity contribution in [3.05, 3.63) is 60.0 Å². The highest BCUT2D eigenvalue weighted by molar-refractivity contribution is 5.91. The molecule has 1 atom stereocenters. The molecule has 26 heavy (non-hydrogen) atoms. The topological polar surface area (TPSA) is 68.7 Å². The molecule has 2 aromatic rings. The van der Waals surface area contributed by atoms with Gasteiger partial charge in [0.05, 0.1) is 5.76 Å². The number of carbonyl (C=O) groups is 1. The Bertz CT molecular complexity index is 831. The van der Waals surface area contributed by atoms with Crippen LogP contribution >= 0.6 is 0 Å². The molecule has 1 heterocycles. The van der Waals surface area contributed by atoms with Crippen LogP contribution in [0.4, 0.5) is 13.2 Å². The van der Waals surface area contributed by atoms with Gasteiger partial charge in [0.1, 0.15) is 11.5 Å². The van der Waals surface area contributed by atoms with Crippen molar-refractivity contribution in [1.29, 1.82) is 0 Å². The normalized spacial score (nSPS) is 17.6. The van der Waals surface area contributed by atoms with Crippen LogP contribution in [0, 0.1) is 0 Å². The molecule has 136 valence electrons. The first-order chi connectivity index (χ1) is 12.3. The van der Waals surface area contributed by atoms with E-state index in [-0.39, 0.29) is 35.5 Å². The third-order valence-corrected chi connectivity index (χ3v) is 3.72. The average Bonchev–Trinajstić information content (AvgIpc) is 2.53. The molecule has 0 fully saturated rings. The van der Waals surface area contributed by atoms with E-state index in [1.165, 1.54) is 24.4 Å². The number of carbonyl (C=O) groups excluding carboxylic acids is 1. The zero-order chi connectivity index (χ0) is 18.7. The van der Waals surface area contributed by atoms with Crippen molar-refractivity contribution in [1.82, 2.24) is 4.98 Å². The number of rotatable bonds is 4. The summed E-state index contributed by atoms with van der Waals surface area (Å²) in [6.45, 7) is 0. The fraction of sp³-hybridized carbons (Fsp3) is 0.222. The Hall–Kier alpha value is -3.03. The fourth-order valence-corrected chi connectivity index (χ4v) is 2.66. The first-order valence-electron chi connectivity index (χ1n) is 7.70. The molecule has 0 radical (unpaired) electrons. The van der Waals surface area contributed by atoms with Crippen molar-refractivity contribution >= 4 is 5.78 Å². The molecule has 0 amide bonds. The van der Waals surface area contributed by atoms with E-state index in [2.05, 4.69) is 9.72 Å². The van der Waals surface area contributed by atoms with Crippen molar-refractivity contribution in [2.24, 2.45) is 0 Å². The standard InChI is InChI=1S/C18H14F3NO4/c19-18(20,21)26-16-3-1-2-15(9-16)25-17-5-4-11(10-22-17)12-6-13(23)8-14(24)7-12/h1-5,8-10,12,23H,6-7H2. The third-order valence-electron chi connectivity index (χ3n) is 3.72. The Morgan fingerprint density at radius 3 is 2.54 bits per heavy atom. The molecule has 0 spiro atoms. The number of ether oxygens (including phenoxy) is 2. The minimum absolute atomic E-state index is 0.0352. The van der Waals surface area contributed by atoms with Crippen molar-refractivity contribution in [2.45, 2.75) is 25.1 Å². The first kappa shape index (κ1) is 17.8. The van der Waals surface area contributed by atoms with Gasteiger partial charge in [-0.2, -0.15) is 0 Å². The monoisotopic (exact) mass is 365 g/mol. The molecule has 3 rings (SSSR count). The molecule has 1 aromatic heterocycles. The van der Waals surface area contributed by atoms with Crippen molar-refractivity contribution < 1.29 is 32.5 Å². The molecular formula is C18H14F3NO4.